The normalized spacial score (nSPS) is 22.2. The lowest BCUT2D eigenvalue weighted by molar-refractivity contribution is -0.174. The summed E-state index contributed by atoms with van der Waals surface area (Å²) < 4.78 is 16.8. The molecule has 1 aliphatic heterocycles. The zero-order valence-corrected chi connectivity index (χ0v) is 19.8. The maximum atomic E-state index is 13.8. The topological polar surface area (TPSA) is 106 Å². The van der Waals surface area contributed by atoms with Crippen molar-refractivity contribution in [3.05, 3.63) is 71.8 Å². The lowest BCUT2D eigenvalue weighted by Crippen LogP contribution is -2.43. The average molecular weight is 471 g/mol. The van der Waals surface area contributed by atoms with Gasteiger partial charge in [0, 0.05) is 13.0 Å². The molecule has 3 rings (SSSR count). The van der Waals surface area contributed by atoms with Crippen LogP contribution in [0.2, 0.25) is 0 Å². The molecule has 3 N–H and O–H groups in total. The number of hydroxylamine groups is 1. The highest BCUT2D eigenvalue weighted by molar-refractivity contribution is 5.85. The van der Waals surface area contributed by atoms with E-state index >= 15 is 0 Å². The molecule has 0 aromatic heterocycles. The molecule has 0 radical (unpaired) electrons. The van der Waals surface area contributed by atoms with Gasteiger partial charge in [0.1, 0.15) is 6.10 Å². The Morgan fingerprint density at radius 2 is 1.56 bits per heavy atom. The first-order valence-electron chi connectivity index (χ1n) is 11.6. The highest BCUT2D eigenvalue weighted by atomic mass is 16.7. The minimum Gasteiger partial charge on any atom is -0.382 e. The van der Waals surface area contributed by atoms with Gasteiger partial charge in [-0.2, -0.15) is 0 Å². The van der Waals surface area contributed by atoms with Gasteiger partial charge in [-0.25, -0.2) is 5.48 Å². The number of ether oxygens (including phenoxy) is 3. The molecule has 0 aliphatic carbocycles. The SMILES string of the molecule is COCCO[C@H]1O[C@H](C(=O)NO)[C@@H](CC(C)C)[C@@H]1C(=O)NC(c1ccccc1)c1ccccc1. The van der Waals surface area contributed by atoms with Crippen molar-refractivity contribution in [2.45, 2.75) is 38.7 Å². The molecule has 1 heterocycles. The lowest BCUT2D eigenvalue weighted by Gasteiger charge is -2.27. The molecule has 0 bridgehead atoms. The zero-order chi connectivity index (χ0) is 24.5. The predicted molar refractivity (Wildman–Crippen MR) is 126 cm³/mol. The van der Waals surface area contributed by atoms with Gasteiger partial charge in [-0.15, -0.1) is 0 Å². The van der Waals surface area contributed by atoms with E-state index in [0.29, 0.717) is 13.0 Å². The van der Waals surface area contributed by atoms with Crippen LogP contribution in [0.3, 0.4) is 0 Å². The molecule has 1 fully saturated rings. The Labute approximate surface area is 200 Å². The van der Waals surface area contributed by atoms with Gasteiger partial charge in [0.15, 0.2) is 6.29 Å². The highest BCUT2D eigenvalue weighted by Gasteiger charge is 2.52. The van der Waals surface area contributed by atoms with Crippen molar-refractivity contribution >= 4 is 11.8 Å². The largest absolute Gasteiger partial charge is 0.382 e. The molecule has 0 unspecified atom stereocenters. The Bertz CT molecular complexity index is 869. The van der Waals surface area contributed by atoms with Gasteiger partial charge in [-0.1, -0.05) is 74.5 Å². The summed E-state index contributed by atoms with van der Waals surface area (Å²) in [5, 5.41) is 12.4. The third-order valence-corrected chi connectivity index (χ3v) is 5.96. The summed E-state index contributed by atoms with van der Waals surface area (Å²) in [5.74, 6) is -2.01. The van der Waals surface area contributed by atoms with Crippen LogP contribution in [0.5, 0.6) is 0 Å². The average Bonchev–Trinajstić information content (AvgIpc) is 3.20. The maximum Gasteiger partial charge on any atom is 0.272 e. The summed E-state index contributed by atoms with van der Waals surface area (Å²) in [5.41, 5.74) is 3.54. The number of benzene rings is 2. The van der Waals surface area contributed by atoms with Crippen molar-refractivity contribution in [3.63, 3.8) is 0 Å². The van der Waals surface area contributed by atoms with Crippen LogP contribution in [-0.2, 0) is 23.8 Å². The van der Waals surface area contributed by atoms with Crippen molar-refractivity contribution in [2.24, 2.45) is 17.8 Å². The Balaban J connectivity index is 1.93. The van der Waals surface area contributed by atoms with Gasteiger partial charge in [-0.3, -0.25) is 14.8 Å². The van der Waals surface area contributed by atoms with Crippen LogP contribution in [0, 0.1) is 17.8 Å². The molecule has 1 aliphatic rings. The molecule has 2 aromatic carbocycles. The Kier molecular flexibility index (Phi) is 9.59. The van der Waals surface area contributed by atoms with E-state index in [9.17, 15) is 14.8 Å². The molecular weight excluding hydrogens is 436 g/mol. The number of amides is 2. The van der Waals surface area contributed by atoms with E-state index in [4.69, 9.17) is 14.2 Å². The van der Waals surface area contributed by atoms with E-state index in [1.807, 2.05) is 74.5 Å². The molecule has 4 atom stereocenters. The first kappa shape index (κ1) is 25.8. The van der Waals surface area contributed by atoms with Crippen LogP contribution in [0.25, 0.3) is 0 Å². The molecule has 8 heteroatoms. The minimum absolute atomic E-state index is 0.190. The lowest BCUT2D eigenvalue weighted by atomic mass is 9.82. The highest BCUT2D eigenvalue weighted by Crippen LogP contribution is 2.39. The van der Waals surface area contributed by atoms with Crippen LogP contribution >= 0.6 is 0 Å². The molecule has 184 valence electrons. The standard InChI is InChI=1S/C26H34N2O6/c1-17(2)16-20-21(26(33-15-14-32-3)34-23(20)25(30)28-31)24(29)27-22(18-10-6-4-7-11-18)19-12-8-5-9-13-19/h4-13,17,20-23,26,31H,14-16H2,1-3H3,(H,27,29)(H,28,30)/t20-,21+,23-,26-/m0/s1. The summed E-state index contributed by atoms with van der Waals surface area (Å²) in [4.78, 5) is 26.2. The molecule has 2 amide bonds. The van der Waals surface area contributed by atoms with E-state index in [1.165, 1.54) is 0 Å². The van der Waals surface area contributed by atoms with Crippen molar-refractivity contribution in [1.29, 1.82) is 0 Å². The third-order valence-electron chi connectivity index (χ3n) is 5.96. The zero-order valence-electron chi connectivity index (χ0n) is 19.8. The summed E-state index contributed by atoms with van der Waals surface area (Å²) in [6.45, 7) is 4.54. The Morgan fingerprint density at radius 1 is 0.971 bits per heavy atom. The second-order valence-electron chi connectivity index (χ2n) is 8.85. The number of carbonyl (C=O) groups is 2. The number of nitrogens with one attached hydrogen (secondary N) is 2. The van der Waals surface area contributed by atoms with E-state index in [0.717, 1.165) is 11.1 Å². The van der Waals surface area contributed by atoms with Crippen LogP contribution in [0.15, 0.2) is 60.7 Å². The molecule has 34 heavy (non-hydrogen) atoms. The molecule has 2 aromatic rings. The first-order valence-corrected chi connectivity index (χ1v) is 11.6. The third kappa shape index (κ3) is 6.42. The fraction of sp³-hybridized carbons (Fsp3) is 0.462. The van der Waals surface area contributed by atoms with Gasteiger partial charge in [0.2, 0.25) is 5.91 Å². The van der Waals surface area contributed by atoms with Crippen LogP contribution in [0.1, 0.15) is 37.4 Å². The second-order valence-corrected chi connectivity index (χ2v) is 8.85. The number of methoxy groups -OCH3 is 1. The molecule has 0 saturated carbocycles. The molecule has 1 saturated heterocycles. The van der Waals surface area contributed by atoms with Gasteiger partial charge < -0.3 is 19.5 Å². The van der Waals surface area contributed by atoms with Gasteiger partial charge in [0.25, 0.3) is 5.91 Å². The van der Waals surface area contributed by atoms with Crippen molar-refractivity contribution in [2.75, 3.05) is 20.3 Å². The summed E-state index contributed by atoms with van der Waals surface area (Å²) in [7, 11) is 1.55. The number of hydrogen-bond acceptors (Lipinski definition) is 6. The van der Waals surface area contributed by atoms with Gasteiger partial charge in [0.05, 0.1) is 25.2 Å². The number of rotatable bonds is 11. The smallest absolute Gasteiger partial charge is 0.272 e. The molecule has 8 nitrogen and oxygen atoms in total. The van der Waals surface area contributed by atoms with E-state index in [-0.39, 0.29) is 24.5 Å². The van der Waals surface area contributed by atoms with E-state index in [1.54, 1.807) is 12.6 Å². The minimum atomic E-state index is -1.01. The van der Waals surface area contributed by atoms with Gasteiger partial charge in [-0.05, 0) is 23.5 Å². The van der Waals surface area contributed by atoms with Crippen molar-refractivity contribution < 1.29 is 29.0 Å². The summed E-state index contributed by atoms with van der Waals surface area (Å²) >= 11 is 0. The Hall–Kier alpha value is -2.78. The maximum absolute atomic E-state index is 13.8. The number of carbonyl (C=O) groups excluding carboxylic acids is 2. The quantitative estimate of drug-likeness (QED) is 0.265. The molecular formula is C26H34N2O6. The summed E-state index contributed by atoms with van der Waals surface area (Å²) in [6.07, 6.45) is -1.42. The fourth-order valence-corrected chi connectivity index (χ4v) is 4.45. The predicted octanol–water partition coefficient (Wildman–Crippen LogP) is 3.06. The first-order chi connectivity index (χ1) is 16.5. The molecule has 0 spiro atoms. The van der Waals surface area contributed by atoms with Gasteiger partial charge >= 0.3 is 0 Å². The van der Waals surface area contributed by atoms with Crippen LogP contribution < -0.4 is 10.8 Å². The monoisotopic (exact) mass is 470 g/mol. The summed E-state index contributed by atoms with van der Waals surface area (Å²) in [6, 6.07) is 19.0. The Morgan fingerprint density at radius 3 is 2.06 bits per heavy atom. The second kappa shape index (κ2) is 12.6. The van der Waals surface area contributed by atoms with Crippen LogP contribution in [0.4, 0.5) is 0 Å². The van der Waals surface area contributed by atoms with E-state index in [2.05, 4.69) is 5.32 Å². The number of hydrogen-bond donors (Lipinski definition) is 3. The van der Waals surface area contributed by atoms with Crippen molar-refractivity contribution in [1.82, 2.24) is 10.8 Å². The van der Waals surface area contributed by atoms with E-state index < -0.39 is 30.1 Å². The van der Waals surface area contributed by atoms with Crippen LogP contribution in [-0.4, -0.2) is 49.7 Å². The fourth-order valence-electron chi connectivity index (χ4n) is 4.45. The van der Waals surface area contributed by atoms with Crippen molar-refractivity contribution in [3.8, 4) is 0 Å².